The van der Waals surface area contributed by atoms with Crippen LogP contribution < -0.4 is 0 Å². The van der Waals surface area contributed by atoms with Crippen molar-refractivity contribution in [3.05, 3.63) is 193 Å². The first-order chi connectivity index (χ1) is 25.8. The van der Waals surface area contributed by atoms with Gasteiger partial charge in [-0.25, -0.2) is 0 Å². The second kappa shape index (κ2) is 11.3. The summed E-state index contributed by atoms with van der Waals surface area (Å²) in [6, 6.07) is 65.8. The van der Waals surface area contributed by atoms with Gasteiger partial charge < -0.3 is 13.6 Å². The van der Waals surface area contributed by atoms with Crippen LogP contribution in [0, 0.1) is 0 Å². The third-order valence-corrected chi connectivity index (χ3v) is 10.7. The van der Waals surface area contributed by atoms with Gasteiger partial charge in [0, 0.05) is 43.7 Å². The fourth-order valence-electron chi connectivity index (χ4n) is 8.33. The number of para-hydroxylation sites is 3. The van der Waals surface area contributed by atoms with E-state index in [1.807, 2.05) is 0 Å². The Hall–Kier alpha value is -6.84. The third kappa shape index (κ3) is 4.46. The molecule has 52 heavy (non-hydrogen) atoms. The van der Waals surface area contributed by atoms with Crippen LogP contribution in [0.2, 0.25) is 0 Å². The number of nitrogens with zero attached hydrogens (tertiary/aromatic N) is 2. The van der Waals surface area contributed by atoms with Crippen LogP contribution in [0.4, 0.5) is 0 Å². The lowest BCUT2D eigenvalue weighted by atomic mass is 9.99. The zero-order valence-electron chi connectivity index (χ0n) is 28.3. The van der Waals surface area contributed by atoms with Crippen LogP contribution in [0.15, 0.2) is 186 Å². The second-order valence-corrected chi connectivity index (χ2v) is 13.8. The molecule has 3 heterocycles. The normalized spacial score (nSPS) is 11.9. The molecule has 0 aliphatic carbocycles. The Morgan fingerprint density at radius 1 is 0.327 bits per heavy atom. The fourth-order valence-corrected chi connectivity index (χ4v) is 8.33. The highest BCUT2D eigenvalue weighted by Crippen LogP contribution is 2.39. The van der Waals surface area contributed by atoms with Gasteiger partial charge in [0.25, 0.3) is 0 Å². The van der Waals surface area contributed by atoms with E-state index in [2.05, 4.69) is 191 Å². The van der Waals surface area contributed by atoms with Gasteiger partial charge in [0.05, 0.1) is 22.1 Å². The molecule has 0 spiro atoms. The molecule has 0 unspecified atom stereocenters. The van der Waals surface area contributed by atoms with Crippen LogP contribution >= 0.6 is 0 Å². The molecule has 0 saturated heterocycles. The van der Waals surface area contributed by atoms with Crippen molar-refractivity contribution in [2.24, 2.45) is 0 Å². The summed E-state index contributed by atoms with van der Waals surface area (Å²) in [5.41, 5.74) is 13.9. The van der Waals surface area contributed by atoms with Gasteiger partial charge in [-0.1, -0.05) is 103 Å². The van der Waals surface area contributed by atoms with E-state index in [1.165, 1.54) is 65.9 Å². The number of rotatable bonds is 5. The molecule has 11 aromatic rings. The lowest BCUT2D eigenvalue weighted by molar-refractivity contribution is 0.669. The smallest absolute Gasteiger partial charge is 0.135 e. The lowest BCUT2D eigenvalue weighted by Crippen LogP contribution is -1.93. The summed E-state index contributed by atoms with van der Waals surface area (Å²) >= 11 is 0. The second-order valence-electron chi connectivity index (χ2n) is 13.8. The number of fused-ring (bicyclic) bond motifs is 9. The van der Waals surface area contributed by atoms with E-state index >= 15 is 0 Å². The van der Waals surface area contributed by atoms with Crippen molar-refractivity contribution in [3.8, 4) is 22.5 Å². The molecule has 3 aromatic heterocycles. The third-order valence-electron chi connectivity index (χ3n) is 10.7. The Bertz CT molecular complexity index is 3090. The Balaban J connectivity index is 1.08. The maximum atomic E-state index is 6.42. The Labute approximate surface area is 300 Å². The first-order valence-electron chi connectivity index (χ1n) is 17.9. The molecule has 0 fully saturated rings. The minimum absolute atomic E-state index is 0.893. The maximum absolute atomic E-state index is 6.42. The minimum Gasteiger partial charge on any atom is -0.456 e. The number of aromatic nitrogens is 2. The zero-order chi connectivity index (χ0) is 34.2. The van der Waals surface area contributed by atoms with E-state index in [9.17, 15) is 0 Å². The molecule has 244 valence electrons. The highest BCUT2D eigenvalue weighted by molar-refractivity contribution is 6.13. The van der Waals surface area contributed by atoms with E-state index in [0.717, 1.165) is 39.7 Å². The Kier molecular flexibility index (Phi) is 6.31. The van der Waals surface area contributed by atoms with Gasteiger partial charge in [0.2, 0.25) is 0 Å². The van der Waals surface area contributed by atoms with Gasteiger partial charge in [-0.15, -0.1) is 0 Å². The van der Waals surface area contributed by atoms with Crippen LogP contribution in [-0.4, -0.2) is 9.13 Å². The summed E-state index contributed by atoms with van der Waals surface area (Å²) in [6.45, 7) is 0. The summed E-state index contributed by atoms with van der Waals surface area (Å²) < 4.78 is 11.2. The van der Waals surface area contributed by atoms with Gasteiger partial charge >= 0.3 is 0 Å². The molecule has 0 aliphatic heterocycles. The van der Waals surface area contributed by atoms with Crippen LogP contribution in [0.25, 0.3) is 88.1 Å². The van der Waals surface area contributed by atoms with E-state index in [4.69, 9.17) is 4.42 Å². The summed E-state index contributed by atoms with van der Waals surface area (Å²) in [4.78, 5) is 0. The quantitative estimate of drug-likeness (QED) is 0.180. The van der Waals surface area contributed by atoms with Gasteiger partial charge in [0.15, 0.2) is 0 Å². The number of hydrogen-bond acceptors (Lipinski definition) is 1. The van der Waals surface area contributed by atoms with Crippen LogP contribution in [0.5, 0.6) is 0 Å². The summed E-state index contributed by atoms with van der Waals surface area (Å²) in [5, 5.41) is 7.26. The van der Waals surface area contributed by atoms with Crippen LogP contribution in [0.1, 0.15) is 11.1 Å². The molecule has 3 heteroatoms. The van der Waals surface area contributed by atoms with Crippen molar-refractivity contribution >= 4 is 65.6 Å². The summed E-state index contributed by atoms with van der Waals surface area (Å²) in [7, 11) is 0. The van der Waals surface area contributed by atoms with Crippen LogP contribution in [0.3, 0.4) is 0 Å². The van der Waals surface area contributed by atoms with E-state index in [0.29, 0.717) is 0 Å². The average molecular weight is 665 g/mol. The Morgan fingerprint density at radius 2 is 0.846 bits per heavy atom. The molecule has 0 N–H and O–H groups in total. The first kappa shape index (κ1) is 28.9. The van der Waals surface area contributed by atoms with E-state index in [1.54, 1.807) is 0 Å². The minimum atomic E-state index is 0.893. The van der Waals surface area contributed by atoms with Gasteiger partial charge in [-0.2, -0.15) is 0 Å². The van der Waals surface area contributed by atoms with Crippen molar-refractivity contribution < 1.29 is 4.42 Å². The molecule has 11 rings (SSSR count). The standard InChI is InChI=1S/C49H32N2O/c1-3-11-32(12-4-1)27-33-19-23-46-40(28-33)41-29-34(20-24-47(41)50(46)36-13-5-2-6-14-36)35-21-25-48-42(30-35)43-31-37(22-26-49(43)52-48)51-44-17-9-7-15-38(44)39-16-8-10-18-45(39)51/h1-26,28-31H,27H2. The molecular weight excluding hydrogens is 633 g/mol. The highest BCUT2D eigenvalue weighted by Gasteiger charge is 2.17. The van der Waals surface area contributed by atoms with Gasteiger partial charge in [-0.05, 0) is 108 Å². The van der Waals surface area contributed by atoms with Crippen LogP contribution in [-0.2, 0) is 6.42 Å². The van der Waals surface area contributed by atoms with Crippen molar-refractivity contribution in [2.75, 3.05) is 0 Å². The van der Waals surface area contributed by atoms with Crippen molar-refractivity contribution in [1.29, 1.82) is 0 Å². The zero-order valence-corrected chi connectivity index (χ0v) is 28.3. The van der Waals surface area contributed by atoms with E-state index in [-0.39, 0.29) is 0 Å². The number of hydrogen-bond donors (Lipinski definition) is 0. The lowest BCUT2D eigenvalue weighted by Gasteiger charge is -2.09. The summed E-state index contributed by atoms with van der Waals surface area (Å²) in [5.74, 6) is 0. The van der Waals surface area contributed by atoms with E-state index < -0.39 is 0 Å². The molecule has 0 amide bonds. The SMILES string of the molecule is c1ccc(Cc2ccc3c(c2)c2cc(-c4ccc5oc6ccc(-n7c8ccccc8c8ccccc87)cc6c5c4)ccc2n3-c2ccccc2)cc1. The topological polar surface area (TPSA) is 23.0 Å². The monoisotopic (exact) mass is 664 g/mol. The van der Waals surface area contributed by atoms with Crippen molar-refractivity contribution in [2.45, 2.75) is 6.42 Å². The average Bonchev–Trinajstić information content (AvgIpc) is 3.85. The predicted octanol–water partition coefficient (Wildman–Crippen LogP) is 13.0. The molecular formula is C49H32N2O. The maximum Gasteiger partial charge on any atom is 0.135 e. The molecule has 3 nitrogen and oxygen atoms in total. The molecule has 0 saturated carbocycles. The van der Waals surface area contributed by atoms with Gasteiger partial charge in [0.1, 0.15) is 11.2 Å². The summed E-state index contributed by atoms with van der Waals surface area (Å²) in [6.07, 6.45) is 0.898. The van der Waals surface area contributed by atoms with Crippen molar-refractivity contribution in [1.82, 2.24) is 9.13 Å². The first-order valence-corrected chi connectivity index (χ1v) is 17.9. The van der Waals surface area contributed by atoms with Gasteiger partial charge in [-0.3, -0.25) is 0 Å². The number of furan rings is 1. The molecule has 8 aromatic carbocycles. The molecule has 0 bridgehead atoms. The largest absolute Gasteiger partial charge is 0.456 e. The Morgan fingerprint density at radius 3 is 1.58 bits per heavy atom. The molecule has 0 aliphatic rings. The number of benzene rings is 8. The predicted molar refractivity (Wildman–Crippen MR) is 217 cm³/mol. The highest BCUT2D eigenvalue weighted by atomic mass is 16.3. The van der Waals surface area contributed by atoms with Crippen molar-refractivity contribution in [3.63, 3.8) is 0 Å². The molecule has 0 radical (unpaired) electrons. The fraction of sp³-hybridized carbons (Fsp3) is 0.0204. The molecule has 0 atom stereocenters.